The Bertz CT molecular complexity index is 1120. The predicted molar refractivity (Wildman–Crippen MR) is 100 cm³/mol. The second-order valence-corrected chi connectivity index (χ2v) is 5.96. The number of nitro benzene ring substituents is 1. The van der Waals surface area contributed by atoms with Crippen LogP contribution in [0, 0.1) is 20.2 Å². The number of carbonyl (C=O) groups excluding carboxylic acids is 2. The highest BCUT2D eigenvalue weighted by atomic mass is 16.6. The zero-order chi connectivity index (χ0) is 22.4. The van der Waals surface area contributed by atoms with Crippen LogP contribution in [0.3, 0.4) is 0 Å². The minimum Gasteiger partial charge on any atom is -0.358 e. The van der Waals surface area contributed by atoms with Crippen molar-refractivity contribution in [3.8, 4) is 0 Å². The van der Waals surface area contributed by atoms with Crippen molar-refractivity contribution in [1.82, 2.24) is 30.6 Å². The fourth-order valence-electron chi connectivity index (χ4n) is 2.36. The molecule has 0 aliphatic rings. The summed E-state index contributed by atoms with van der Waals surface area (Å²) < 4.78 is 6.06. The van der Waals surface area contributed by atoms with Crippen LogP contribution in [0.5, 0.6) is 0 Å². The van der Waals surface area contributed by atoms with Crippen LogP contribution in [0.15, 0.2) is 41.1 Å². The average molecular weight is 430 g/mol. The first-order valence-electron chi connectivity index (χ1n) is 8.65. The van der Waals surface area contributed by atoms with E-state index in [1.165, 1.54) is 41.2 Å². The molecule has 0 fully saturated rings. The minimum atomic E-state index is -0.671. The summed E-state index contributed by atoms with van der Waals surface area (Å²) in [7, 11) is 0. The van der Waals surface area contributed by atoms with Crippen LogP contribution in [0.25, 0.3) is 0 Å². The highest BCUT2D eigenvalue weighted by Gasteiger charge is 2.17. The topological polar surface area (TPSA) is 201 Å². The summed E-state index contributed by atoms with van der Waals surface area (Å²) in [6.45, 7) is 0.107. The summed E-state index contributed by atoms with van der Waals surface area (Å²) in [6.07, 6.45) is 1.36. The molecule has 0 unspecified atom stereocenters. The average Bonchev–Trinajstić information content (AvgIpc) is 3.41. The molecule has 0 saturated heterocycles. The van der Waals surface area contributed by atoms with Gasteiger partial charge in [0.15, 0.2) is 5.82 Å². The smallest absolute Gasteiger partial charge is 0.358 e. The number of amides is 2. The van der Waals surface area contributed by atoms with Gasteiger partial charge >= 0.3 is 17.6 Å². The Balaban J connectivity index is 1.44. The highest BCUT2D eigenvalue weighted by Crippen LogP contribution is 2.11. The Morgan fingerprint density at radius 2 is 1.68 bits per heavy atom. The van der Waals surface area contributed by atoms with Gasteiger partial charge in [-0.05, 0) is 17.1 Å². The maximum Gasteiger partial charge on any atom is 0.389 e. The first kappa shape index (κ1) is 21.0. The number of carbonyl (C=O) groups is 2. The molecule has 15 nitrogen and oxygen atoms in total. The summed E-state index contributed by atoms with van der Waals surface area (Å²) in [5.74, 6) is -1.70. The van der Waals surface area contributed by atoms with Gasteiger partial charge in [0.25, 0.3) is 11.6 Å². The van der Waals surface area contributed by atoms with Crippen LogP contribution >= 0.6 is 0 Å². The van der Waals surface area contributed by atoms with Crippen molar-refractivity contribution >= 4 is 23.3 Å². The third-order valence-electron chi connectivity index (χ3n) is 3.82. The summed E-state index contributed by atoms with van der Waals surface area (Å²) in [5.41, 5.74) is 0.103. The van der Waals surface area contributed by atoms with E-state index in [1.807, 2.05) is 0 Å². The van der Waals surface area contributed by atoms with Crippen molar-refractivity contribution in [2.24, 2.45) is 0 Å². The van der Waals surface area contributed by atoms with Crippen LogP contribution < -0.4 is 10.6 Å². The summed E-state index contributed by atoms with van der Waals surface area (Å²) in [5, 5.41) is 33.6. The van der Waals surface area contributed by atoms with Gasteiger partial charge in [-0.3, -0.25) is 19.7 Å². The van der Waals surface area contributed by atoms with Gasteiger partial charge in [0.2, 0.25) is 0 Å². The second-order valence-electron chi connectivity index (χ2n) is 5.96. The molecular weight excluding hydrogens is 416 g/mol. The van der Waals surface area contributed by atoms with Gasteiger partial charge in [0.1, 0.15) is 6.54 Å². The highest BCUT2D eigenvalue weighted by molar-refractivity contribution is 5.94. The van der Waals surface area contributed by atoms with E-state index in [0.717, 1.165) is 0 Å². The molecule has 2 aromatic heterocycles. The zero-order valence-electron chi connectivity index (χ0n) is 15.6. The number of aromatic nitrogens is 4. The van der Waals surface area contributed by atoms with Gasteiger partial charge in [-0.25, -0.2) is 0 Å². The van der Waals surface area contributed by atoms with Crippen molar-refractivity contribution in [3.05, 3.63) is 74.0 Å². The van der Waals surface area contributed by atoms with Gasteiger partial charge in [0.05, 0.1) is 22.3 Å². The van der Waals surface area contributed by atoms with E-state index in [-0.39, 0.29) is 48.4 Å². The van der Waals surface area contributed by atoms with E-state index in [1.54, 1.807) is 0 Å². The van der Waals surface area contributed by atoms with Gasteiger partial charge < -0.3 is 25.3 Å². The molecule has 2 amide bonds. The molecule has 3 rings (SSSR count). The van der Waals surface area contributed by atoms with Crippen molar-refractivity contribution in [2.75, 3.05) is 13.1 Å². The fourth-order valence-corrected chi connectivity index (χ4v) is 2.36. The minimum absolute atomic E-state index is 0.0318. The fraction of sp³-hybridized carbons (Fsp3) is 0.188. The maximum atomic E-state index is 12.0. The first-order valence-corrected chi connectivity index (χ1v) is 8.65. The Kier molecular flexibility index (Phi) is 6.24. The quantitative estimate of drug-likeness (QED) is 0.270. The van der Waals surface area contributed by atoms with E-state index >= 15 is 0 Å². The number of rotatable bonds is 9. The van der Waals surface area contributed by atoms with E-state index < -0.39 is 21.7 Å². The lowest BCUT2D eigenvalue weighted by Gasteiger charge is -2.05. The summed E-state index contributed by atoms with van der Waals surface area (Å²) >= 11 is 0. The zero-order valence-corrected chi connectivity index (χ0v) is 15.6. The summed E-state index contributed by atoms with van der Waals surface area (Å²) in [4.78, 5) is 47.9. The standard InChI is InChI=1S/C16H14N8O7/c25-14(10-1-3-11(4-2-10)23(27)28)17-6-7-18-15(26)16-19-12(21-31-16)9-22-8-5-13(20-22)24(29)30/h1-5,8H,6-7,9H2,(H,17,25)(H,18,26). The summed E-state index contributed by atoms with van der Waals surface area (Å²) in [6, 6.07) is 6.27. The van der Waals surface area contributed by atoms with E-state index in [2.05, 4.69) is 25.9 Å². The molecule has 1 aromatic carbocycles. The SMILES string of the molecule is O=C(NCCNC(=O)c1nc(Cn2ccc([N+](=O)[O-])n2)no1)c1ccc([N+](=O)[O-])cc1. The molecule has 160 valence electrons. The van der Waals surface area contributed by atoms with Gasteiger partial charge in [-0.2, -0.15) is 9.67 Å². The molecule has 0 aliphatic heterocycles. The number of hydrogen-bond acceptors (Lipinski definition) is 10. The van der Waals surface area contributed by atoms with Crippen molar-refractivity contribution < 1.29 is 24.0 Å². The number of nitrogens with zero attached hydrogens (tertiary/aromatic N) is 6. The maximum absolute atomic E-state index is 12.0. The van der Waals surface area contributed by atoms with Gasteiger partial charge in [0, 0.05) is 30.8 Å². The Morgan fingerprint density at radius 3 is 2.29 bits per heavy atom. The molecule has 31 heavy (non-hydrogen) atoms. The first-order chi connectivity index (χ1) is 14.8. The molecule has 0 saturated carbocycles. The molecule has 0 bridgehead atoms. The molecule has 2 N–H and O–H groups in total. The van der Waals surface area contributed by atoms with Crippen LogP contribution in [0.4, 0.5) is 11.5 Å². The number of benzene rings is 1. The van der Waals surface area contributed by atoms with Gasteiger partial charge in [-0.15, -0.1) is 0 Å². The molecule has 0 spiro atoms. The monoisotopic (exact) mass is 430 g/mol. The largest absolute Gasteiger partial charge is 0.389 e. The van der Waals surface area contributed by atoms with Crippen LogP contribution in [-0.2, 0) is 6.54 Å². The Labute approximate surface area is 172 Å². The number of nitro groups is 2. The Hall–Kier alpha value is -4.69. The molecule has 3 aromatic rings. The van der Waals surface area contributed by atoms with Crippen molar-refractivity contribution in [1.29, 1.82) is 0 Å². The van der Waals surface area contributed by atoms with Crippen LogP contribution in [0.2, 0.25) is 0 Å². The number of hydrogen-bond donors (Lipinski definition) is 2. The van der Waals surface area contributed by atoms with Crippen molar-refractivity contribution in [3.63, 3.8) is 0 Å². The second kappa shape index (κ2) is 9.21. The molecule has 0 aliphatic carbocycles. The van der Waals surface area contributed by atoms with Crippen LogP contribution in [-0.4, -0.2) is 54.7 Å². The molecule has 2 heterocycles. The Morgan fingerprint density at radius 1 is 1.00 bits per heavy atom. The van der Waals surface area contributed by atoms with E-state index in [9.17, 15) is 29.8 Å². The predicted octanol–water partition coefficient (Wildman–Crippen LogP) is 0.291. The van der Waals surface area contributed by atoms with Crippen LogP contribution in [0.1, 0.15) is 26.9 Å². The molecule has 0 radical (unpaired) electrons. The number of non-ortho nitro benzene ring substituents is 1. The molecule has 15 heteroatoms. The molecule has 0 atom stereocenters. The lowest BCUT2D eigenvalue weighted by Crippen LogP contribution is -2.34. The lowest BCUT2D eigenvalue weighted by atomic mass is 10.2. The third-order valence-corrected chi connectivity index (χ3v) is 3.82. The lowest BCUT2D eigenvalue weighted by molar-refractivity contribution is -0.389. The van der Waals surface area contributed by atoms with Crippen molar-refractivity contribution in [2.45, 2.75) is 6.54 Å². The third kappa shape index (κ3) is 5.43. The number of nitrogens with one attached hydrogen (secondary N) is 2. The van der Waals surface area contributed by atoms with E-state index in [0.29, 0.717) is 0 Å². The van der Waals surface area contributed by atoms with E-state index in [4.69, 9.17) is 4.52 Å². The van der Waals surface area contributed by atoms with Gasteiger partial charge in [-0.1, -0.05) is 5.16 Å². The molecular formula is C16H14N8O7. The normalized spacial score (nSPS) is 10.5.